The van der Waals surface area contributed by atoms with E-state index in [0.29, 0.717) is 18.1 Å². The molecule has 1 heterocycles. The number of aromatic nitrogens is 2. The van der Waals surface area contributed by atoms with Gasteiger partial charge in [0.05, 0.1) is 13.2 Å². The summed E-state index contributed by atoms with van der Waals surface area (Å²) in [6.07, 6.45) is 0.648. The Balaban J connectivity index is 2.06. The summed E-state index contributed by atoms with van der Waals surface area (Å²) < 4.78 is 15.1. The number of aryl methyl sites for hydroxylation is 1. The van der Waals surface area contributed by atoms with Gasteiger partial charge in [-0.2, -0.15) is 4.98 Å². The average molecular weight is 361 g/mol. The quantitative estimate of drug-likeness (QED) is 0.631. The molecule has 2 rings (SSSR count). The number of benzene rings is 1. The number of nitrogens with zero attached hydrogens (tertiary/aromatic N) is 3. The number of rotatable bonds is 9. The van der Waals surface area contributed by atoms with Gasteiger partial charge in [-0.15, -0.1) is 0 Å². The monoisotopic (exact) mass is 361 g/mol. The lowest BCUT2D eigenvalue weighted by atomic mass is 10.0. The molecule has 1 amide bonds. The summed E-state index contributed by atoms with van der Waals surface area (Å²) in [5.41, 5.74) is 0.944. The molecule has 0 saturated heterocycles. The number of carbonyl (C=O) groups excluding carboxylic acids is 2. The smallest absolute Gasteiger partial charge is 0.325 e. The van der Waals surface area contributed by atoms with Gasteiger partial charge in [-0.1, -0.05) is 42.4 Å². The highest BCUT2D eigenvalue weighted by Gasteiger charge is 2.26. The predicted molar refractivity (Wildman–Crippen MR) is 91.9 cm³/mol. The van der Waals surface area contributed by atoms with Crippen molar-refractivity contribution < 1.29 is 23.6 Å². The van der Waals surface area contributed by atoms with Gasteiger partial charge in [0, 0.05) is 0 Å². The molecule has 2 aromatic rings. The number of esters is 1. The highest BCUT2D eigenvalue weighted by molar-refractivity contribution is 5.83. The molecule has 0 saturated carbocycles. The van der Waals surface area contributed by atoms with Gasteiger partial charge in [-0.05, 0) is 18.9 Å². The van der Waals surface area contributed by atoms with Crippen LogP contribution in [0.25, 0.3) is 0 Å². The third-order valence-electron chi connectivity index (χ3n) is 3.82. The van der Waals surface area contributed by atoms with Crippen molar-refractivity contribution >= 4 is 11.9 Å². The van der Waals surface area contributed by atoms with Crippen LogP contribution in [-0.2, 0) is 25.7 Å². The van der Waals surface area contributed by atoms with Gasteiger partial charge in [-0.3, -0.25) is 9.59 Å². The van der Waals surface area contributed by atoms with Crippen molar-refractivity contribution in [3.8, 4) is 0 Å². The van der Waals surface area contributed by atoms with Crippen LogP contribution in [0.5, 0.6) is 0 Å². The van der Waals surface area contributed by atoms with E-state index in [4.69, 9.17) is 14.0 Å². The first kappa shape index (κ1) is 19.6. The third-order valence-corrected chi connectivity index (χ3v) is 3.82. The fraction of sp³-hybridized carbons (Fsp3) is 0.444. The minimum atomic E-state index is -0.486. The standard InChI is InChI=1S/C18H23N3O5/c1-4-15(14-8-6-5-7-9-14)21(10-18(23)24-3)17(22)12-25-11-16-19-13(2)20-26-16/h5-9,15H,4,10-12H2,1-3H3/t15-/m0/s1. The fourth-order valence-electron chi connectivity index (χ4n) is 2.59. The Labute approximate surface area is 152 Å². The average Bonchev–Trinajstić information content (AvgIpc) is 3.07. The minimum Gasteiger partial charge on any atom is -0.468 e. The molecule has 0 bridgehead atoms. The first-order valence-corrected chi connectivity index (χ1v) is 8.33. The Morgan fingerprint density at radius 3 is 2.58 bits per heavy atom. The number of ether oxygens (including phenoxy) is 2. The third kappa shape index (κ3) is 5.38. The van der Waals surface area contributed by atoms with E-state index in [1.54, 1.807) is 6.92 Å². The molecule has 140 valence electrons. The maximum atomic E-state index is 12.7. The van der Waals surface area contributed by atoms with E-state index in [-0.39, 0.29) is 31.7 Å². The van der Waals surface area contributed by atoms with Crippen LogP contribution in [-0.4, -0.2) is 47.2 Å². The van der Waals surface area contributed by atoms with Crippen molar-refractivity contribution in [2.45, 2.75) is 32.9 Å². The molecule has 0 spiro atoms. The highest BCUT2D eigenvalue weighted by atomic mass is 16.5. The van der Waals surface area contributed by atoms with Crippen molar-refractivity contribution in [2.75, 3.05) is 20.3 Å². The number of carbonyl (C=O) groups is 2. The van der Waals surface area contributed by atoms with Crippen molar-refractivity contribution in [3.63, 3.8) is 0 Å². The van der Waals surface area contributed by atoms with Gasteiger partial charge in [0.2, 0.25) is 5.91 Å². The Kier molecular flexibility index (Phi) is 7.28. The first-order valence-electron chi connectivity index (χ1n) is 8.33. The van der Waals surface area contributed by atoms with Gasteiger partial charge >= 0.3 is 5.97 Å². The zero-order chi connectivity index (χ0) is 18.9. The molecule has 8 heteroatoms. The second-order valence-corrected chi connectivity index (χ2v) is 5.66. The Hall–Kier alpha value is -2.74. The van der Waals surface area contributed by atoms with Crippen LogP contribution < -0.4 is 0 Å². The summed E-state index contributed by atoms with van der Waals surface area (Å²) in [4.78, 5) is 30.0. The first-order chi connectivity index (χ1) is 12.5. The van der Waals surface area contributed by atoms with Gasteiger partial charge < -0.3 is 18.9 Å². The minimum absolute atomic E-state index is 0.0285. The summed E-state index contributed by atoms with van der Waals surface area (Å²) in [5, 5.41) is 3.66. The van der Waals surface area contributed by atoms with Crippen LogP contribution in [0.3, 0.4) is 0 Å². The number of hydrogen-bond donors (Lipinski definition) is 0. The lowest BCUT2D eigenvalue weighted by Crippen LogP contribution is -2.41. The molecule has 1 aromatic heterocycles. The van der Waals surface area contributed by atoms with Crippen LogP contribution in [0.4, 0.5) is 0 Å². The Morgan fingerprint density at radius 2 is 2.00 bits per heavy atom. The van der Waals surface area contributed by atoms with E-state index < -0.39 is 5.97 Å². The lowest BCUT2D eigenvalue weighted by Gasteiger charge is -2.30. The maximum absolute atomic E-state index is 12.7. The van der Waals surface area contributed by atoms with E-state index in [2.05, 4.69) is 10.1 Å². The van der Waals surface area contributed by atoms with Crippen molar-refractivity contribution in [1.82, 2.24) is 15.0 Å². The van der Waals surface area contributed by atoms with Crippen LogP contribution in [0.1, 0.15) is 36.7 Å². The Morgan fingerprint density at radius 1 is 1.27 bits per heavy atom. The number of methoxy groups -OCH3 is 1. The molecule has 0 fully saturated rings. The van der Waals surface area contributed by atoms with E-state index in [9.17, 15) is 9.59 Å². The molecule has 0 aliphatic heterocycles. The van der Waals surface area contributed by atoms with Gasteiger partial charge in [-0.25, -0.2) is 0 Å². The van der Waals surface area contributed by atoms with E-state index in [1.807, 2.05) is 37.3 Å². The van der Waals surface area contributed by atoms with E-state index in [1.165, 1.54) is 12.0 Å². The van der Waals surface area contributed by atoms with Crippen molar-refractivity contribution in [1.29, 1.82) is 0 Å². The number of amides is 1. The molecular formula is C18H23N3O5. The second-order valence-electron chi connectivity index (χ2n) is 5.66. The summed E-state index contributed by atoms with van der Waals surface area (Å²) in [6, 6.07) is 9.29. The molecule has 0 radical (unpaired) electrons. The molecule has 8 nitrogen and oxygen atoms in total. The predicted octanol–water partition coefficient (Wildman–Crippen LogP) is 2.05. The zero-order valence-electron chi connectivity index (χ0n) is 15.2. The number of hydrogen-bond acceptors (Lipinski definition) is 7. The van der Waals surface area contributed by atoms with E-state index in [0.717, 1.165) is 5.56 Å². The second kappa shape index (κ2) is 9.67. The van der Waals surface area contributed by atoms with Gasteiger partial charge in [0.1, 0.15) is 19.8 Å². The molecule has 0 N–H and O–H groups in total. The molecule has 1 atom stereocenters. The van der Waals surface area contributed by atoms with Gasteiger partial charge in [0.15, 0.2) is 5.82 Å². The maximum Gasteiger partial charge on any atom is 0.325 e. The van der Waals surface area contributed by atoms with Crippen LogP contribution >= 0.6 is 0 Å². The van der Waals surface area contributed by atoms with Gasteiger partial charge in [0.25, 0.3) is 5.89 Å². The molecule has 0 aliphatic rings. The fourth-order valence-corrected chi connectivity index (χ4v) is 2.59. The highest BCUT2D eigenvalue weighted by Crippen LogP contribution is 2.24. The summed E-state index contributed by atoms with van der Waals surface area (Å²) in [5.74, 6) is -0.00937. The zero-order valence-corrected chi connectivity index (χ0v) is 15.2. The molecule has 0 unspecified atom stereocenters. The van der Waals surface area contributed by atoms with Crippen molar-refractivity contribution in [3.05, 3.63) is 47.6 Å². The molecular weight excluding hydrogens is 338 g/mol. The van der Waals surface area contributed by atoms with E-state index >= 15 is 0 Å². The largest absolute Gasteiger partial charge is 0.468 e. The SMILES string of the molecule is CC[C@@H](c1ccccc1)N(CC(=O)OC)C(=O)COCc1nc(C)no1. The molecule has 26 heavy (non-hydrogen) atoms. The van der Waals surface area contributed by atoms with Crippen molar-refractivity contribution in [2.24, 2.45) is 0 Å². The Bertz CT molecular complexity index is 717. The summed E-state index contributed by atoms with van der Waals surface area (Å²) in [7, 11) is 1.29. The normalized spacial score (nSPS) is 11.8. The molecule has 1 aromatic carbocycles. The summed E-state index contributed by atoms with van der Waals surface area (Å²) >= 11 is 0. The topological polar surface area (TPSA) is 94.8 Å². The van der Waals surface area contributed by atoms with Crippen LogP contribution in [0, 0.1) is 6.92 Å². The summed E-state index contributed by atoms with van der Waals surface area (Å²) in [6.45, 7) is 3.33. The van der Waals surface area contributed by atoms with Crippen LogP contribution in [0.2, 0.25) is 0 Å². The lowest BCUT2D eigenvalue weighted by molar-refractivity contribution is -0.151. The molecule has 0 aliphatic carbocycles. The van der Waals surface area contributed by atoms with Crippen LogP contribution in [0.15, 0.2) is 34.9 Å².